The van der Waals surface area contributed by atoms with E-state index in [0.29, 0.717) is 6.42 Å². The van der Waals surface area contributed by atoms with Crippen LogP contribution in [-0.4, -0.2) is 41.2 Å². The molecule has 1 aromatic heterocycles. The Morgan fingerprint density at radius 2 is 1.70 bits per heavy atom. The zero-order chi connectivity index (χ0) is 24.0. The Hall–Kier alpha value is -3.08. The highest BCUT2D eigenvalue weighted by molar-refractivity contribution is 7.88. The molecule has 2 N–H and O–H groups in total. The maximum absolute atomic E-state index is 14.4. The number of halogens is 2. The smallest absolute Gasteiger partial charge is 0.415 e. The van der Waals surface area contributed by atoms with Gasteiger partial charge in [-0.2, -0.15) is 17.2 Å². The van der Waals surface area contributed by atoms with Crippen molar-refractivity contribution in [1.29, 1.82) is 0 Å². The number of carbonyl (C=O) groups excluding carboxylic acids is 1. The van der Waals surface area contributed by atoms with Crippen LogP contribution in [-0.2, 0) is 21.3 Å². The summed E-state index contributed by atoms with van der Waals surface area (Å²) >= 11 is 0. The predicted molar refractivity (Wildman–Crippen MR) is 113 cm³/mol. The first-order valence-corrected chi connectivity index (χ1v) is 11.9. The van der Waals surface area contributed by atoms with Crippen LogP contribution in [0.5, 0.6) is 11.8 Å². The molecule has 11 heteroatoms. The van der Waals surface area contributed by atoms with E-state index in [0.717, 1.165) is 24.8 Å². The van der Waals surface area contributed by atoms with E-state index < -0.39 is 39.7 Å². The van der Waals surface area contributed by atoms with Crippen LogP contribution < -0.4 is 4.28 Å². The second-order valence-electron chi connectivity index (χ2n) is 8.15. The van der Waals surface area contributed by atoms with E-state index in [-0.39, 0.29) is 33.3 Å². The minimum Gasteiger partial charge on any atom is -0.492 e. The summed E-state index contributed by atoms with van der Waals surface area (Å²) in [6.07, 6.45) is 6.89. The Morgan fingerprint density at radius 3 is 2.24 bits per heavy atom. The summed E-state index contributed by atoms with van der Waals surface area (Å²) in [4.78, 5) is 12.1. The molecule has 0 amide bonds. The van der Waals surface area contributed by atoms with Crippen LogP contribution >= 0.6 is 0 Å². The molecule has 2 aromatic rings. The topological polar surface area (TPSA) is 115 Å². The number of benzene rings is 1. The summed E-state index contributed by atoms with van der Waals surface area (Å²) < 4.78 is 62.2. The maximum Gasteiger partial charge on any atom is 0.415 e. The zero-order valence-corrected chi connectivity index (χ0v) is 18.5. The van der Waals surface area contributed by atoms with Crippen molar-refractivity contribution < 1.29 is 41.2 Å². The highest BCUT2D eigenvalue weighted by atomic mass is 32.2. The number of aryl methyl sites for hydroxylation is 1. The number of nitrogens with zero attached hydrogens (tertiary/aromatic N) is 1. The molecule has 0 spiro atoms. The molecule has 4 rings (SSSR count). The molecule has 8 nitrogen and oxygen atoms in total. The fourth-order valence-corrected chi connectivity index (χ4v) is 4.78. The van der Waals surface area contributed by atoms with Crippen molar-refractivity contribution >= 4 is 16.1 Å². The first-order valence-electron chi connectivity index (χ1n) is 10.5. The Balaban J connectivity index is 1.44. The number of fused-ring (bicyclic) bond motifs is 5. The van der Waals surface area contributed by atoms with Crippen LogP contribution in [0.15, 0.2) is 36.4 Å². The molecule has 1 aromatic carbocycles. The summed E-state index contributed by atoms with van der Waals surface area (Å²) in [6.45, 7) is 0.234. The van der Waals surface area contributed by atoms with Crippen LogP contribution in [0, 0.1) is 0 Å². The van der Waals surface area contributed by atoms with Gasteiger partial charge in [0.1, 0.15) is 0 Å². The number of unbranched alkanes of at least 4 members (excludes halogenated alkanes) is 1. The van der Waals surface area contributed by atoms with Gasteiger partial charge in [0.2, 0.25) is 11.8 Å². The van der Waals surface area contributed by atoms with Crippen molar-refractivity contribution in [2.45, 2.75) is 49.7 Å². The molecule has 0 radical (unpaired) electrons. The van der Waals surface area contributed by atoms with Crippen molar-refractivity contribution in [3.63, 3.8) is 0 Å². The lowest BCUT2D eigenvalue weighted by molar-refractivity contribution is -0.0130. The fourth-order valence-electron chi connectivity index (χ4n) is 4.13. The summed E-state index contributed by atoms with van der Waals surface area (Å²) in [5.74, 6) is -3.19. The Labute approximate surface area is 189 Å². The minimum atomic E-state index is -5.74. The van der Waals surface area contributed by atoms with E-state index in [9.17, 15) is 32.2 Å². The highest BCUT2D eigenvalue weighted by Crippen LogP contribution is 2.56. The molecule has 0 fully saturated rings. The molecular weight excluding hydrogens is 460 g/mol. The van der Waals surface area contributed by atoms with Crippen LogP contribution in [0.3, 0.4) is 0 Å². The normalized spacial score (nSPS) is 19.0. The first-order chi connectivity index (χ1) is 15.6. The molecule has 0 saturated carbocycles. The molecule has 0 saturated heterocycles. The number of esters is 1. The third-order valence-corrected chi connectivity index (χ3v) is 7.09. The van der Waals surface area contributed by atoms with E-state index >= 15 is 0 Å². The molecular formula is C22H23F2NO7S. The monoisotopic (exact) mass is 483 g/mol. The predicted octanol–water partition coefficient (Wildman–Crippen LogP) is 3.59. The van der Waals surface area contributed by atoms with Crippen molar-refractivity contribution in [3.05, 3.63) is 58.7 Å². The fraction of sp³-hybridized carbons (Fsp3) is 0.409. The van der Waals surface area contributed by atoms with Gasteiger partial charge in [0.15, 0.2) is 6.61 Å². The van der Waals surface area contributed by atoms with Crippen molar-refractivity contribution in [2.24, 2.45) is 0 Å². The molecule has 2 atom stereocenters. The molecule has 2 aliphatic carbocycles. The molecule has 2 bridgehead atoms. The summed E-state index contributed by atoms with van der Waals surface area (Å²) in [5, 5.41) is 15.9. The molecule has 2 unspecified atom stereocenters. The van der Waals surface area contributed by atoms with Gasteiger partial charge in [0.05, 0.1) is 5.56 Å². The van der Waals surface area contributed by atoms with Crippen LogP contribution in [0.1, 0.15) is 65.1 Å². The highest BCUT2D eigenvalue weighted by Gasteiger charge is 2.51. The lowest BCUT2D eigenvalue weighted by Crippen LogP contribution is -2.40. The average molecular weight is 483 g/mol. The number of hydrogen-bond acceptors (Lipinski definition) is 7. The van der Waals surface area contributed by atoms with Gasteiger partial charge in [-0.15, -0.1) is 0 Å². The van der Waals surface area contributed by atoms with Gasteiger partial charge in [-0.1, -0.05) is 42.4 Å². The van der Waals surface area contributed by atoms with Crippen LogP contribution in [0.4, 0.5) is 8.78 Å². The number of aromatic hydroxyl groups is 2. The van der Waals surface area contributed by atoms with Gasteiger partial charge in [-0.05, 0) is 37.0 Å². The Morgan fingerprint density at radius 1 is 1.12 bits per heavy atom. The SMILES string of the molecule is CCCCc1ccc(C(=O)OCC(F)(F)S(=O)(=O)On2c(O)c3c(c2O)C2C=CC3C2)cc1. The quantitative estimate of drug-likeness (QED) is 0.414. The molecule has 0 aliphatic heterocycles. The summed E-state index contributed by atoms with van der Waals surface area (Å²) in [6, 6.07) is 6.17. The van der Waals surface area contributed by atoms with Crippen molar-refractivity contribution in [3.8, 4) is 11.8 Å². The largest absolute Gasteiger partial charge is 0.492 e. The maximum atomic E-state index is 14.4. The van der Waals surface area contributed by atoms with Gasteiger partial charge >= 0.3 is 21.3 Å². The molecule has 2 aliphatic rings. The van der Waals surface area contributed by atoms with E-state index in [4.69, 9.17) is 0 Å². The summed E-state index contributed by atoms with van der Waals surface area (Å²) in [7, 11) is -5.74. The lowest BCUT2D eigenvalue weighted by Gasteiger charge is -2.18. The van der Waals surface area contributed by atoms with Gasteiger partial charge in [-0.3, -0.25) is 4.28 Å². The Bertz CT molecular complexity index is 1170. The first kappa shape index (κ1) is 23.1. The van der Waals surface area contributed by atoms with Gasteiger partial charge in [-0.25, -0.2) is 4.79 Å². The van der Waals surface area contributed by atoms with Gasteiger partial charge in [0.25, 0.3) is 0 Å². The summed E-state index contributed by atoms with van der Waals surface area (Å²) in [5.41, 5.74) is 1.45. The Kier molecular flexibility index (Phi) is 5.85. The van der Waals surface area contributed by atoms with Crippen molar-refractivity contribution in [2.75, 3.05) is 6.61 Å². The standard InChI is InChI=1S/C22H23F2NO7S/c1-2-3-4-13-5-7-14(8-6-13)21(28)31-12-22(23,24)33(29,30)32-25-19(26)17-15-9-10-16(11-15)18(17)20(25)27/h5-10,15-16,26-27H,2-4,11-12H2,1H3. The third kappa shape index (κ3) is 4.05. The third-order valence-electron chi connectivity index (χ3n) is 5.90. The molecule has 178 valence electrons. The van der Waals surface area contributed by atoms with E-state index in [1.807, 2.05) is 6.92 Å². The zero-order valence-electron chi connectivity index (χ0n) is 17.7. The number of allylic oxidation sites excluding steroid dienone is 2. The average Bonchev–Trinajstić information content (AvgIpc) is 3.46. The second kappa shape index (κ2) is 8.36. The minimum absolute atomic E-state index is 0.00976. The van der Waals surface area contributed by atoms with E-state index in [2.05, 4.69) is 9.02 Å². The number of hydrogen-bond donors (Lipinski definition) is 2. The van der Waals surface area contributed by atoms with Gasteiger partial charge < -0.3 is 14.9 Å². The second-order valence-corrected chi connectivity index (χ2v) is 9.80. The molecule has 1 heterocycles. The number of carbonyl (C=O) groups is 1. The number of alkyl halides is 2. The number of aromatic nitrogens is 1. The van der Waals surface area contributed by atoms with Crippen LogP contribution in [0.25, 0.3) is 0 Å². The lowest BCUT2D eigenvalue weighted by atomic mass is 10.0. The number of ether oxygens (including phenoxy) is 1. The number of rotatable bonds is 9. The van der Waals surface area contributed by atoms with Crippen molar-refractivity contribution in [1.82, 2.24) is 4.73 Å². The van der Waals surface area contributed by atoms with Gasteiger partial charge in [0, 0.05) is 23.0 Å². The van der Waals surface area contributed by atoms with E-state index in [1.165, 1.54) is 12.1 Å². The molecule has 33 heavy (non-hydrogen) atoms. The van der Waals surface area contributed by atoms with E-state index in [1.54, 1.807) is 24.3 Å². The van der Waals surface area contributed by atoms with Crippen LogP contribution in [0.2, 0.25) is 0 Å².